The zero-order valence-corrected chi connectivity index (χ0v) is 11.2. The quantitative estimate of drug-likeness (QED) is 0.866. The molecule has 0 radical (unpaired) electrons. The summed E-state index contributed by atoms with van der Waals surface area (Å²) in [6, 6.07) is 7.86. The van der Waals surface area contributed by atoms with Crippen molar-refractivity contribution in [3.63, 3.8) is 0 Å². The van der Waals surface area contributed by atoms with Crippen LogP contribution in [0.3, 0.4) is 0 Å². The van der Waals surface area contributed by atoms with Gasteiger partial charge in [-0.05, 0) is 12.1 Å². The molecular weight excluding hydrogens is 256 g/mol. The zero-order valence-electron chi connectivity index (χ0n) is 11.2. The minimum Gasteiger partial charge on any atom is -0.365 e. The maximum atomic E-state index is 11.7. The van der Waals surface area contributed by atoms with Crippen LogP contribution < -0.4 is 10.2 Å². The van der Waals surface area contributed by atoms with E-state index in [2.05, 4.69) is 20.2 Å². The van der Waals surface area contributed by atoms with Crippen LogP contribution in [0.25, 0.3) is 10.9 Å². The van der Waals surface area contributed by atoms with Gasteiger partial charge in [0.1, 0.15) is 12.1 Å². The van der Waals surface area contributed by atoms with Crippen LogP contribution in [-0.4, -0.2) is 48.7 Å². The molecule has 0 bridgehead atoms. The van der Waals surface area contributed by atoms with Gasteiger partial charge in [0.05, 0.1) is 18.7 Å². The summed E-state index contributed by atoms with van der Waals surface area (Å²) in [5, 5.41) is 3.61. The molecule has 1 aromatic carbocycles. The largest absolute Gasteiger partial charge is 0.365 e. The third kappa shape index (κ3) is 2.30. The van der Waals surface area contributed by atoms with Crippen LogP contribution in [0.2, 0.25) is 0 Å². The third-order valence-electron chi connectivity index (χ3n) is 3.43. The van der Waals surface area contributed by atoms with E-state index in [0.29, 0.717) is 19.7 Å². The fourth-order valence-electron chi connectivity index (χ4n) is 2.40. The predicted molar refractivity (Wildman–Crippen MR) is 75.6 cm³/mol. The van der Waals surface area contributed by atoms with Crippen LogP contribution in [0.1, 0.15) is 0 Å². The number of amides is 1. The molecule has 1 aliphatic heterocycles. The number of likely N-dealkylation sites (N-methyl/N-ethyl adjacent to an activating group) is 1. The van der Waals surface area contributed by atoms with E-state index < -0.39 is 6.10 Å². The minimum atomic E-state index is -0.456. The first kappa shape index (κ1) is 12.8. The molecule has 20 heavy (non-hydrogen) atoms. The van der Waals surface area contributed by atoms with Crippen LogP contribution in [0, 0.1) is 0 Å². The molecule has 6 nitrogen and oxygen atoms in total. The van der Waals surface area contributed by atoms with Gasteiger partial charge in [0.25, 0.3) is 5.91 Å². The molecule has 1 atom stereocenters. The van der Waals surface area contributed by atoms with Gasteiger partial charge < -0.3 is 15.0 Å². The number of carbonyl (C=O) groups excluding carboxylic acids is 1. The Kier molecular flexibility index (Phi) is 3.47. The smallest absolute Gasteiger partial charge is 0.250 e. The summed E-state index contributed by atoms with van der Waals surface area (Å²) < 4.78 is 5.50. The van der Waals surface area contributed by atoms with Crippen molar-refractivity contribution in [2.24, 2.45) is 0 Å². The van der Waals surface area contributed by atoms with Gasteiger partial charge in [-0.1, -0.05) is 12.1 Å². The van der Waals surface area contributed by atoms with Crippen molar-refractivity contribution in [2.75, 3.05) is 31.6 Å². The molecule has 0 saturated carbocycles. The highest BCUT2D eigenvalue weighted by Crippen LogP contribution is 2.24. The van der Waals surface area contributed by atoms with Crippen LogP contribution in [0.5, 0.6) is 0 Å². The number of ether oxygens (including phenoxy) is 1. The average molecular weight is 272 g/mol. The SMILES string of the molecule is CNC(=O)C1CN(c2ncnc3ccccc23)CCO1. The lowest BCUT2D eigenvalue weighted by Crippen LogP contribution is -2.49. The second-order valence-corrected chi connectivity index (χ2v) is 4.63. The lowest BCUT2D eigenvalue weighted by molar-refractivity contribution is -0.132. The Morgan fingerprint density at radius 2 is 2.25 bits per heavy atom. The van der Waals surface area contributed by atoms with Crippen LogP contribution in [0.4, 0.5) is 5.82 Å². The highest BCUT2D eigenvalue weighted by Gasteiger charge is 2.27. The van der Waals surface area contributed by atoms with Gasteiger partial charge in [-0.2, -0.15) is 0 Å². The zero-order chi connectivity index (χ0) is 13.9. The molecule has 6 heteroatoms. The lowest BCUT2D eigenvalue weighted by Gasteiger charge is -2.33. The van der Waals surface area contributed by atoms with Crippen molar-refractivity contribution in [3.8, 4) is 0 Å². The molecule has 1 N–H and O–H groups in total. The summed E-state index contributed by atoms with van der Waals surface area (Å²) in [5.74, 6) is 0.751. The molecule has 1 aliphatic rings. The number of para-hydroxylation sites is 1. The number of hydrogen-bond acceptors (Lipinski definition) is 5. The Bertz CT molecular complexity index is 626. The van der Waals surface area contributed by atoms with Crippen molar-refractivity contribution in [1.29, 1.82) is 0 Å². The van der Waals surface area contributed by atoms with Crippen molar-refractivity contribution < 1.29 is 9.53 Å². The molecule has 2 heterocycles. The van der Waals surface area contributed by atoms with E-state index in [1.165, 1.54) is 0 Å². The number of aromatic nitrogens is 2. The summed E-state index contributed by atoms with van der Waals surface area (Å²) in [7, 11) is 1.62. The van der Waals surface area contributed by atoms with Crippen LogP contribution in [-0.2, 0) is 9.53 Å². The monoisotopic (exact) mass is 272 g/mol. The van der Waals surface area contributed by atoms with E-state index in [4.69, 9.17) is 4.74 Å². The number of nitrogens with zero attached hydrogens (tertiary/aromatic N) is 3. The van der Waals surface area contributed by atoms with E-state index in [9.17, 15) is 4.79 Å². The summed E-state index contributed by atoms with van der Waals surface area (Å²) in [6.07, 6.45) is 1.10. The lowest BCUT2D eigenvalue weighted by atomic mass is 10.2. The first-order valence-electron chi connectivity index (χ1n) is 6.57. The normalized spacial score (nSPS) is 19.1. The first-order valence-corrected chi connectivity index (χ1v) is 6.57. The Labute approximate surface area is 116 Å². The topological polar surface area (TPSA) is 67.4 Å². The first-order chi connectivity index (χ1) is 9.79. The molecule has 0 aliphatic carbocycles. The van der Waals surface area contributed by atoms with E-state index >= 15 is 0 Å². The maximum absolute atomic E-state index is 11.7. The second-order valence-electron chi connectivity index (χ2n) is 4.63. The van der Waals surface area contributed by atoms with Crippen molar-refractivity contribution >= 4 is 22.6 Å². The summed E-state index contributed by atoms with van der Waals surface area (Å²) in [6.45, 7) is 1.73. The number of anilines is 1. The molecule has 0 spiro atoms. The second kappa shape index (κ2) is 5.42. The van der Waals surface area contributed by atoms with Crippen molar-refractivity contribution in [2.45, 2.75) is 6.10 Å². The van der Waals surface area contributed by atoms with Crippen molar-refractivity contribution in [1.82, 2.24) is 15.3 Å². The Balaban J connectivity index is 1.92. The van der Waals surface area contributed by atoms with Crippen molar-refractivity contribution in [3.05, 3.63) is 30.6 Å². The highest BCUT2D eigenvalue weighted by atomic mass is 16.5. The van der Waals surface area contributed by atoms with Gasteiger partial charge in [0.2, 0.25) is 0 Å². The van der Waals surface area contributed by atoms with Gasteiger partial charge in [-0.3, -0.25) is 4.79 Å². The van der Waals surface area contributed by atoms with Crippen LogP contribution in [0.15, 0.2) is 30.6 Å². The van der Waals surface area contributed by atoms with Crippen LogP contribution >= 0.6 is 0 Å². The number of rotatable bonds is 2. The molecule has 104 valence electrons. The van der Waals surface area contributed by atoms with E-state index in [1.54, 1.807) is 13.4 Å². The summed E-state index contributed by atoms with van der Waals surface area (Å²) >= 11 is 0. The highest BCUT2D eigenvalue weighted by molar-refractivity contribution is 5.89. The van der Waals surface area contributed by atoms with Gasteiger partial charge in [-0.15, -0.1) is 0 Å². The Hall–Kier alpha value is -2.21. The van der Waals surface area contributed by atoms with Gasteiger partial charge in [-0.25, -0.2) is 9.97 Å². The Morgan fingerprint density at radius 1 is 1.40 bits per heavy atom. The van der Waals surface area contributed by atoms with Gasteiger partial charge in [0, 0.05) is 19.0 Å². The average Bonchev–Trinajstić information content (AvgIpc) is 2.53. The molecule has 1 aromatic heterocycles. The number of morpholine rings is 1. The Morgan fingerprint density at radius 3 is 3.10 bits per heavy atom. The standard InChI is InChI=1S/C14H16N4O2/c1-15-14(19)12-8-18(6-7-20-12)13-10-4-2-3-5-11(10)16-9-17-13/h2-5,9,12H,6-8H2,1H3,(H,15,19). The maximum Gasteiger partial charge on any atom is 0.250 e. The summed E-state index contributed by atoms with van der Waals surface area (Å²) in [4.78, 5) is 22.4. The number of carbonyl (C=O) groups is 1. The van der Waals surface area contributed by atoms with Gasteiger partial charge in [0.15, 0.2) is 6.10 Å². The minimum absolute atomic E-state index is 0.104. The van der Waals surface area contributed by atoms with Gasteiger partial charge >= 0.3 is 0 Å². The molecule has 1 unspecified atom stereocenters. The molecular formula is C14H16N4O2. The van der Waals surface area contributed by atoms with E-state index in [-0.39, 0.29) is 5.91 Å². The molecule has 1 saturated heterocycles. The third-order valence-corrected chi connectivity index (χ3v) is 3.43. The molecule has 2 aromatic rings. The number of benzene rings is 1. The predicted octanol–water partition coefficient (Wildman–Crippen LogP) is 0.581. The summed E-state index contributed by atoms with van der Waals surface area (Å²) in [5.41, 5.74) is 0.903. The fourth-order valence-corrected chi connectivity index (χ4v) is 2.40. The molecule has 1 fully saturated rings. The molecule has 1 amide bonds. The molecule has 3 rings (SSSR count). The van der Waals surface area contributed by atoms with E-state index in [1.807, 2.05) is 24.3 Å². The number of hydrogen-bond donors (Lipinski definition) is 1. The number of nitrogens with one attached hydrogen (secondary N) is 1. The number of fused-ring (bicyclic) bond motifs is 1. The fraction of sp³-hybridized carbons (Fsp3) is 0.357. The van der Waals surface area contributed by atoms with E-state index in [0.717, 1.165) is 16.7 Å².